The van der Waals surface area contributed by atoms with Crippen molar-refractivity contribution >= 4 is 35.0 Å². The average Bonchev–Trinajstić information content (AvgIpc) is 3.23. The molecular weight excluding hydrogens is 374 g/mol. The van der Waals surface area contributed by atoms with Gasteiger partial charge in [0.15, 0.2) is 5.16 Å². The number of aryl methyl sites for hydroxylation is 1. The number of amides is 1. The molecular formula is C18H18ClN3O3S. The molecule has 8 heteroatoms. The molecule has 4 rings (SSSR count). The Morgan fingerprint density at radius 1 is 1.46 bits per heavy atom. The molecule has 0 spiro atoms. The number of carbonyl (C=O) groups excluding carboxylic acids is 1. The number of rotatable bonds is 4. The van der Waals surface area contributed by atoms with Gasteiger partial charge >= 0.3 is 0 Å². The number of nitrogens with one attached hydrogen (secondary N) is 1. The number of carbonyl (C=O) groups is 1. The second kappa shape index (κ2) is 6.96. The van der Waals surface area contributed by atoms with E-state index < -0.39 is 0 Å². The molecule has 1 aliphatic carbocycles. The predicted octanol–water partition coefficient (Wildman–Crippen LogP) is 3.07. The molecule has 2 heterocycles. The number of fused-ring (bicyclic) bond motifs is 2. The van der Waals surface area contributed by atoms with Gasteiger partial charge in [0.25, 0.3) is 5.56 Å². The van der Waals surface area contributed by atoms with E-state index in [1.807, 2.05) is 0 Å². The Kier molecular flexibility index (Phi) is 4.67. The zero-order valence-electron chi connectivity index (χ0n) is 14.3. The molecule has 1 unspecified atom stereocenters. The summed E-state index contributed by atoms with van der Waals surface area (Å²) in [6, 6.07) is 4.87. The third kappa shape index (κ3) is 3.10. The highest BCUT2D eigenvalue weighted by molar-refractivity contribution is 7.99. The minimum Gasteiger partial charge on any atom is -0.495 e. The summed E-state index contributed by atoms with van der Waals surface area (Å²) >= 11 is 7.55. The van der Waals surface area contributed by atoms with E-state index in [0.717, 1.165) is 35.7 Å². The lowest BCUT2D eigenvalue weighted by molar-refractivity contribution is -0.116. The Bertz CT molecular complexity index is 944. The van der Waals surface area contributed by atoms with E-state index in [0.29, 0.717) is 22.2 Å². The van der Waals surface area contributed by atoms with E-state index in [2.05, 4.69) is 10.3 Å². The number of nitrogens with zero attached hydrogens (tertiary/aromatic N) is 2. The fourth-order valence-corrected chi connectivity index (χ4v) is 4.82. The number of methoxy groups -OCH3 is 1. The third-order valence-corrected chi connectivity index (χ3v) is 6.06. The second-order valence-electron chi connectivity index (χ2n) is 6.41. The summed E-state index contributed by atoms with van der Waals surface area (Å²) in [5, 5.41) is 4.08. The van der Waals surface area contributed by atoms with E-state index in [9.17, 15) is 9.59 Å². The fourth-order valence-electron chi connectivity index (χ4n) is 3.50. The number of aromatic nitrogens is 2. The predicted molar refractivity (Wildman–Crippen MR) is 102 cm³/mol. The smallest absolute Gasteiger partial charge is 0.257 e. The van der Waals surface area contributed by atoms with Crippen LogP contribution in [0.2, 0.25) is 5.02 Å². The zero-order chi connectivity index (χ0) is 18.3. The molecule has 1 atom stereocenters. The molecule has 2 aromatic rings. The second-order valence-corrected chi connectivity index (χ2v) is 7.83. The summed E-state index contributed by atoms with van der Waals surface area (Å²) in [6.45, 7) is 0. The third-order valence-electron chi connectivity index (χ3n) is 4.73. The molecule has 1 N–H and O–H groups in total. The van der Waals surface area contributed by atoms with Crippen LogP contribution in [0.3, 0.4) is 0 Å². The van der Waals surface area contributed by atoms with Crippen molar-refractivity contribution in [2.75, 3.05) is 18.2 Å². The van der Waals surface area contributed by atoms with Gasteiger partial charge in [0.05, 0.1) is 24.5 Å². The van der Waals surface area contributed by atoms with Gasteiger partial charge in [-0.3, -0.25) is 14.2 Å². The maximum atomic E-state index is 12.8. The van der Waals surface area contributed by atoms with E-state index in [1.54, 1.807) is 34.5 Å². The fraction of sp³-hybridized carbons (Fsp3) is 0.389. The SMILES string of the molecule is COc1ccc(Cl)cc1NC(=O)CC1CSc2nc3c(c(=O)n21)CCC3. The van der Waals surface area contributed by atoms with Crippen LogP contribution < -0.4 is 15.6 Å². The minimum absolute atomic E-state index is 0.0191. The molecule has 0 saturated heterocycles. The molecule has 6 nitrogen and oxygen atoms in total. The molecule has 2 aliphatic rings. The van der Waals surface area contributed by atoms with Crippen LogP contribution >= 0.6 is 23.4 Å². The first-order valence-corrected chi connectivity index (χ1v) is 9.83. The van der Waals surface area contributed by atoms with Crippen LogP contribution in [0.1, 0.15) is 30.1 Å². The van der Waals surface area contributed by atoms with Crippen LogP contribution in [0.5, 0.6) is 5.75 Å². The van der Waals surface area contributed by atoms with Crippen molar-refractivity contribution in [1.82, 2.24) is 9.55 Å². The maximum absolute atomic E-state index is 12.8. The molecule has 0 fully saturated rings. The zero-order valence-corrected chi connectivity index (χ0v) is 15.8. The number of hydrogen-bond donors (Lipinski definition) is 1. The average molecular weight is 392 g/mol. The largest absolute Gasteiger partial charge is 0.495 e. The van der Waals surface area contributed by atoms with Gasteiger partial charge in [-0.05, 0) is 37.5 Å². The maximum Gasteiger partial charge on any atom is 0.257 e. The van der Waals surface area contributed by atoms with Crippen molar-refractivity contribution < 1.29 is 9.53 Å². The van der Waals surface area contributed by atoms with Crippen molar-refractivity contribution in [3.8, 4) is 5.75 Å². The first-order chi connectivity index (χ1) is 12.6. The van der Waals surface area contributed by atoms with Gasteiger partial charge in [-0.2, -0.15) is 0 Å². The summed E-state index contributed by atoms with van der Waals surface area (Å²) in [7, 11) is 1.54. The van der Waals surface area contributed by atoms with Gasteiger partial charge in [-0.15, -0.1) is 0 Å². The molecule has 1 aromatic carbocycles. The van der Waals surface area contributed by atoms with Crippen molar-refractivity contribution in [2.24, 2.45) is 0 Å². The van der Waals surface area contributed by atoms with Gasteiger partial charge in [0.1, 0.15) is 5.75 Å². The van der Waals surface area contributed by atoms with Crippen molar-refractivity contribution in [1.29, 1.82) is 0 Å². The highest BCUT2D eigenvalue weighted by Gasteiger charge is 2.31. The van der Waals surface area contributed by atoms with Gasteiger partial charge in [0.2, 0.25) is 5.91 Å². The van der Waals surface area contributed by atoms with Crippen molar-refractivity contribution in [2.45, 2.75) is 36.9 Å². The quantitative estimate of drug-likeness (QED) is 0.811. The molecule has 26 heavy (non-hydrogen) atoms. The minimum atomic E-state index is -0.189. The molecule has 1 aromatic heterocycles. The summed E-state index contributed by atoms with van der Waals surface area (Å²) in [6.07, 6.45) is 2.84. The van der Waals surface area contributed by atoms with Crippen LogP contribution in [-0.2, 0) is 17.6 Å². The van der Waals surface area contributed by atoms with Crippen LogP contribution in [0.25, 0.3) is 0 Å². The summed E-state index contributed by atoms with van der Waals surface area (Å²) < 4.78 is 6.95. The highest BCUT2D eigenvalue weighted by atomic mass is 35.5. The number of hydrogen-bond acceptors (Lipinski definition) is 5. The van der Waals surface area contributed by atoms with Crippen LogP contribution in [0.4, 0.5) is 5.69 Å². The normalized spacial score (nSPS) is 17.7. The van der Waals surface area contributed by atoms with Crippen LogP contribution in [0.15, 0.2) is 28.2 Å². The van der Waals surface area contributed by atoms with Crippen molar-refractivity contribution in [3.63, 3.8) is 0 Å². The van der Waals surface area contributed by atoms with Gasteiger partial charge < -0.3 is 10.1 Å². The van der Waals surface area contributed by atoms with E-state index in [1.165, 1.54) is 7.11 Å². The van der Waals surface area contributed by atoms with Gasteiger partial charge in [0, 0.05) is 22.8 Å². The number of anilines is 1. The number of thioether (sulfide) groups is 1. The Balaban J connectivity index is 1.55. The Morgan fingerprint density at radius 3 is 3.12 bits per heavy atom. The number of benzene rings is 1. The van der Waals surface area contributed by atoms with E-state index in [4.69, 9.17) is 16.3 Å². The molecule has 0 saturated carbocycles. The van der Waals surface area contributed by atoms with Crippen LogP contribution in [0, 0.1) is 0 Å². The lowest BCUT2D eigenvalue weighted by Crippen LogP contribution is -2.30. The van der Waals surface area contributed by atoms with Gasteiger partial charge in [-0.1, -0.05) is 23.4 Å². The lowest BCUT2D eigenvalue weighted by Gasteiger charge is -2.15. The molecule has 0 bridgehead atoms. The Hall–Kier alpha value is -1.99. The number of ether oxygens (including phenoxy) is 1. The molecule has 0 radical (unpaired) electrons. The highest BCUT2D eigenvalue weighted by Crippen LogP contribution is 2.34. The lowest BCUT2D eigenvalue weighted by atomic mass is 10.2. The van der Waals surface area contributed by atoms with Crippen LogP contribution in [-0.4, -0.2) is 28.3 Å². The van der Waals surface area contributed by atoms with E-state index >= 15 is 0 Å². The van der Waals surface area contributed by atoms with Crippen molar-refractivity contribution in [3.05, 3.63) is 44.8 Å². The summed E-state index contributed by atoms with van der Waals surface area (Å²) in [4.78, 5) is 30.0. The summed E-state index contributed by atoms with van der Waals surface area (Å²) in [5.74, 6) is 1.03. The Morgan fingerprint density at radius 2 is 2.31 bits per heavy atom. The standard InChI is InChI=1S/C18H18ClN3O3S/c1-25-15-6-5-10(19)7-14(15)20-16(23)8-11-9-26-18-21-13-4-2-3-12(13)17(24)22(11)18/h5-7,11H,2-4,8-9H2,1H3,(H,20,23). The molecule has 1 aliphatic heterocycles. The molecule has 136 valence electrons. The van der Waals surface area contributed by atoms with Gasteiger partial charge in [-0.25, -0.2) is 4.98 Å². The monoisotopic (exact) mass is 391 g/mol. The first-order valence-electron chi connectivity index (χ1n) is 8.47. The molecule has 1 amide bonds. The topological polar surface area (TPSA) is 73.2 Å². The summed E-state index contributed by atoms with van der Waals surface area (Å²) in [5.41, 5.74) is 2.29. The number of halogens is 1. The first kappa shape index (κ1) is 17.4. The van der Waals surface area contributed by atoms with E-state index in [-0.39, 0.29) is 23.9 Å². The Labute approximate surface area is 159 Å².